The lowest BCUT2D eigenvalue weighted by molar-refractivity contribution is -0.125. The molecule has 2 aliphatic heterocycles. The van der Waals surface area contributed by atoms with Gasteiger partial charge < -0.3 is 23.8 Å². The van der Waals surface area contributed by atoms with Crippen LogP contribution in [0.25, 0.3) is 0 Å². The van der Waals surface area contributed by atoms with Crippen molar-refractivity contribution in [2.75, 3.05) is 39.4 Å². The van der Waals surface area contributed by atoms with Crippen molar-refractivity contribution in [3.05, 3.63) is 47.8 Å². The van der Waals surface area contributed by atoms with Gasteiger partial charge in [0.1, 0.15) is 17.6 Å². The number of aryl methyl sites for hydroxylation is 1. The number of rotatable bonds is 6. The van der Waals surface area contributed by atoms with Crippen LogP contribution >= 0.6 is 0 Å². The number of hydrogen-bond acceptors (Lipinski definition) is 6. The number of amides is 2. The molecule has 8 heteroatoms. The summed E-state index contributed by atoms with van der Waals surface area (Å²) in [6.45, 7) is 5.79. The summed E-state index contributed by atoms with van der Waals surface area (Å²) < 4.78 is 16.5. The van der Waals surface area contributed by atoms with Gasteiger partial charge in [-0.1, -0.05) is 0 Å². The second kappa shape index (κ2) is 8.84. The highest BCUT2D eigenvalue weighted by molar-refractivity contribution is 5.95. The van der Waals surface area contributed by atoms with Crippen LogP contribution in [0.15, 0.2) is 39.4 Å². The average molecular weight is 401 g/mol. The molecule has 2 aromatic heterocycles. The highest BCUT2D eigenvalue weighted by atomic mass is 16.5. The highest BCUT2D eigenvalue weighted by Crippen LogP contribution is 2.24. The average Bonchev–Trinajstić information content (AvgIpc) is 3.50. The third-order valence-corrected chi connectivity index (χ3v) is 5.59. The highest BCUT2D eigenvalue weighted by Gasteiger charge is 2.36. The monoisotopic (exact) mass is 401 g/mol. The Morgan fingerprint density at radius 2 is 2.03 bits per heavy atom. The maximum atomic E-state index is 12.9. The van der Waals surface area contributed by atoms with Crippen molar-refractivity contribution in [1.29, 1.82) is 0 Å². The number of nitrogens with zero attached hydrogens (tertiary/aromatic N) is 2. The molecule has 2 unspecified atom stereocenters. The number of carbonyl (C=O) groups is 2. The van der Waals surface area contributed by atoms with Crippen LogP contribution in [-0.4, -0.2) is 67.0 Å². The fourth-order valence-corrected chi connectivity index (χ4v) is 4.07. The van der Waals surface area contributed by atoms with E-state index < -0.39 is 6.04 Å². The predicted octanol–water partition coefficient (Wildman–Crippen LogP) is 1.98. The molecule has 8 nitrogen and oxygen atoms in total. The molecule has 0 spiro atoms. The van der Waals surface area contributed by atoms with E-state index in [0.29, 0.717) is 32.7 Å². The van der Waals surface area contributed by atoms with Gasteiger partial charge in [0.2, 0.25) is 5.91 Å². The number of morpholine rings is 1. The molecule has 2 saturated heterocycles. The van der Waals surface area contributed by atoms with Gasteiger partial charge >= 0.3 is 0 Å². The van der Waals surface area contributed by atoms with Gasteiger partial charge in [-0.2, -0.15) is 0 Å². The molecule has 4 heterocycles. The van der Waals surface area contributed by atoms with Crippen molar-refractivity contribution in [2.45, 2.75) is 31.8 Å². The van der Waals surface area contributed by atoms with Crippen molar-refractivity contribution < 1.29 is 23.2 Å². The van der Waals surface area contributed by atoms with Crippen molar-refractivity contribution in [3.63, 3.8) is 0 Å². The summed E-state index contributed by atoms with van der Waals surface area (Å²) in [5.74, 6) is 1.57. The molecule has 2 aliphatic rings. The SMILES string of the molecule is Cc1ccc(C(CNC(=O)C2CCCN2C(=O)c2ccco2)N2CCOCC2)o1. The minimum atomic E-state index is -0.476. The summed E-state index contributed by atoms with van der Waals surface area (Å²) in [6.07, 6.45) is 2.92. The zero-order valence-electron chi connectivity index (χ0n) is 16.6. The fraction of sp³-hybridized carbons (Fsp3) is 0.524. The fourth-order valence-electron chi connectivity index (χ4n) is 4.07. The van der Waals surface area contributed by atoms with Crippen LogP contribution in [0.3, 0.4) is 0 Å². The molecule has 0 radical (unpaired) electrons. The molecule has 0 saturated carbocycles. The summed E-state index contributed by atoms with van der Waals surface area (Å²) in [7, 11) is 0. The van der Waals surface area contributed by atoms with Gasteiger partial charge in [0.25, 0.3) is 5.91 Å². The molecule has 0 aromatic carbocycles. The first-order valence-corrected chi connectivity index (χ1v) is 10.1. The Kier molecular flexibility index (Phi) is 6.01. The standard InChI is InChI=1S/C21H27N3O5/c1-15-6-7-18(29-15)17(23-9-12-27-13-10-23)14-22-20(25)16-4-2-8-24(16)21(26)19-5-3-11-28-19/h3,5-7,11,16-17H,2,4,8-10,12-14H2,1H3,(H,22,25). The number of likely N-dealkylation sites (tertiary alicyclic amines) is 1. The van der Waals surface area contributed by atoms with Gasteiger partial charge in [-0.05, 0) is 44.0 Å². The van der Waals surface area contributed by atoms with Crippen LogP contribution in [0.5, 0.6) is 0 Å². The van der Waals surface area contributed by atoms with Gasteiger partial charge in [0, 0.05) is 26.2 Å². The van der Waals surface area contributed by atoms with Crippen molar-refractivity contribution >= 4 is 11.8 Å². The Morgan fingerprint density at radius 3 is 2.72 bits per heavy atom. The number of nitrogens with one attached hydrogen (secondary N) is 1. The van der Waals surface area contributed by atoms with Gasteiger partial charge in [-0.15, -0.1) is 0 Å². The third-order valence-electron chi connectivity index (χ3n) is 5.59. The summed E-state index contributed by atoms with van der Waals surface area (Å²) in [5.41, 5.74) is 0. The maximum absolute atomic E-state index is 12.9. The smallest absolute Gasteiger partial charge is 0.290 e. The van der Waals surface area contributed by atoms with Crippen LogP contribution in [-0.2, 0) is 9.53 Å². The quantitative estimate of drug-likeness (QED) is 0.796. The second-order valence-electron chi connectivity index (χ2n) is 7.49. The lowest BCUT2D eigenvalue weighted by Gasteiger charge is -2.34. The topological polar surface area (TPSA) is 88.2 Å². The van der Waals surface area contributed by atoms with E-state index in [-0.39, 0.29) is 23.6 Å². The van der Waals surface area contributed by atoms with E-state index in [0.717, 1.165) is 31.0 Å². The second-order valence-corrected chi connectivity index (χ2v) is 7.49. The first-order chi connectivity index (χ1) is 14.1. The minimum absolute atomic E-state index is 0.0628. The lowest BCUT2D eigenvalue weighted by atomic mass is 10.1. The van der Waals surface area contributed by atoms with E-state index >= 15 is 0 Å². The maximum Gasteiger partial charge on any atom is 0.290 e. The molecule has 156 valence electrons. The van der Waals surface area contributed by atoms with E-state index in [2.05, 4.69) is 10.2 Å². The van der Waals surface area contributed by atoms with Gasteiger partial charge in [-0.25, -0.2) is 0 Å². The molecule has 2 atom stereocenters. The first kappa shape index (κ1) is 19.7. The Hall–Kier alpha value is -2.58. The number of furan rings is 2. The van der Waals surface area contributed by atoms with Crippen LogP contribution in [0.4, 0.5) is 0 Å². The molecule has 29 heavy (non-hydrogen) atoms. The van der Waals surface area contributed by atoms with Gasteiger partial charge in [0.15, 0.2) is 5.76 Å². The van der Waals surface area contributed by atoms with Gasteiger partial charge in [0.05, 0.1) is 25.5 Å². The molecule has 4 rings (SSSR count). The van der Waals surface area contributed by atoms with Crippen molar-refractivity contribution in [2.24, 2.45) is 0 Å². The number of carbonyl (C=O) groups excluding carboxylic acids is 2. The molecule has 0 aliphatic carbocycles. The van der Waals surface area contributed by atoms with Gasteiger partial charge in [-0.3, -0.25) is 14.5 Å². The minimum Gasteiger partial charge on any atom is -0.465 e. The lowest BCUT2D eigenvalue weighted by Crippen LogP contribution is -2.49. The number of ether oxygens (including phenoxy) is 1. The summed E-state index contributed by atoms with van der Waals surface area (Å²) in [4.78, 5) is 29.5. The summed E-state index contributed by atoms with van der Waals surface area (Å²) in [6, 6.07) is 6.67. The van der Waals surface area contributed by atoms with E-state index in [4.69, 9.17) is 13.6 Å². The Morgan fingerprint density at radius 1 is 1.21 bits per heavy atom. The predicted molar refractivity (Wildman–Crippen MR) is 104 cm³/mol. The molecule has 1 N–H and O–H groups in total. The zero-order chi connectivity index (χ0) is 20.2. The Labute approximate surface area is 169 Å². The van der Waals surface area contributed by atoms with Crippen molar-refractivity contribution in [3.8, 4) is 0 Å². The van der Waals surface area contributed by atoms with Crippen LogP contribution in [0.2, 0.25) is 0 Å². The molecular weight excluding hydrogens is 374 g/mol. The van der Waals surface area contributed by atoms with Crippen LogP contribution in [0.1, 0.15) is 41.0 Å². The van der Waals surface area contributed by atoms with Crippen LogP contribution in [0, 0.1) is 6.92 Å². The van der Waals surface area contributed by atoms with Crippen LogP contribution < -0.4 is 5.32 Å². The normalized spacial score (nSPS) is 21.3. The van der Waals surface area contributed by atoms with Crippen molar-refractivity contribution in [1.82, 2.24) is 15.1 Å². The Balaban J connectivity index is 1.42. The Bertz CT molecular complexity index is 825. The van der Waals surface area contributed by atoms with E-state index in [9.17, 15) is 9.59 Å². The van der Waals surface area contributed by atoms with E-state index in [1.54, 1.807) is 17.0 Å². The zero-order valence-corrected chi connectivity index (χ0v) is 16.6. The molecule has 2 aromatic rings. The summed E-state index contributed by atoms with van der Waals surface area (Å²) >= 11 is 0. The molecule has 2 amide bonds. The molecular formula is C21H27N3O5. The molecule has 0 bridgehead atoms. The molecule has 2 fully saturated rings. The van der Waals surface area contributed by atoms with E-state index in [1.165, 1.54) is 6.26 Å². The number of hydrogen-bond donors (Lipinski definition) is 1. The van der Waals surface area contributed by atoms with E-state index in [1.807, 2.05) is 19.1 Å². The summed E-state index contributed by atoms with van der Waals surface area (Å²) in [5, 5.41) is 3.05. The third kappa shape index (κ3) is 4.38. The largest absolute Gasteiger partial charge is 0.465 e. The first-order valence-electron chi connectivity index (χ1n) is 10.1.